The van der Waals surface area contributed by atoms with Gasteiger partial charge in [0.05, 0.1) is 24.3 Å². The molecule has 0 bridgehead atoms. The van der Waals surface area contributed by atoms with Crippen LogP contribution in [0.3, 0.4) is 0 Å². The zero-order chi connectivity index (χ0) is 9.31. The molecule has 1 N–H and O–H groups in total. The Bertz CT molecular complexity index is 303. The zero-order valence-corrected chi connectivity index (χ0v) is 8.19. The van der Waals surface area contributed by atoms with E-state index in [0.29, 0.717) is 13.2 Å². The Kier molecular flexibility index (Phi) is 2.09. The molecular weight excluding hydrogens is 186 g/mol. The van der Waals surface area contributed by atoms with Crippen LogP contribution in [0.4, 0.5) is 0 Å². The molecule has 0 aliphatic carbocycles. The van der Waals surface area contributed by atoms with Crippen molar-refractivity contribution in [3.05, 3.63) is 22.4 Å². The molecule has 13 heavy (non-hydrogen) atoms. The van der Waals surface area contributed by atoms with Crippen LogP contribution in [0.2, 0.25) is 0 Å². The van der Waals surface area contributed by atoms with Gasteiger partial charge in [0.15, 0.2) is 0 Å². The molecular formula is C9H11NO2S. The third kappa shape index (κ3) is 1.73. The maximum absolute atomic E-state index is 11.6. The molecule has 0 atom stereocenters. The van der Waals surface area contributed by atoms with E-state index in [4.69, 9.17) is 4.74 Å². The van der Waals surface area contributed by atoms with Crippen molar-refractivity contribution in [2.75, 3.05) is 13.2 Å². The highest BCUT2D eigenvalue weighted by molar-refractivity contribution is 7.08. The molecule has 1 saturated heterocycles. The van der Waals surface area contributed by atoms with Gasteiger partial charge in [-0.2, -0.15) is 11.3 Å². The summed E-state index contributed by atoms with van der Waals surface area (Å²) in [7, 11) is 0. The van der Waals surface area contributed by atoms with Crippen molar-refractivity contribution in [3.8, 4) is 0 Å². The molecule has 0 unspecified atom stereocenters. The monoisotopic (exact) mass is 197 g/mol. The van der Waals surface area contributed by atoms with E-state index in [2.05, 4.69) is 5.32 Å². The maximum Gasteiger partial charge on any atom is 0.252 e. The highest BCUT2D eigenvalue weighted by Gasteiger charge is 2.34. The van der Waals surface area contributed by atoms with E-state index in [-0.39, 0.29) is 11.4 Å². The minimum absolute atomic E-state index is 0.00736. The average Bonchev–Trinajstić information content (AvgIpc) is 2.53. The number of carbonyl (C=O) groups excluding carboxylic acids is 1. The van der Waals surface area contributed by atoms with Crippen molar-refractivity contribution < 1.29 is 9.53 Å². The van der Waals surface area contributed by atoms with Crippen LogP contribution in [0.25, 0.3) is 0 Å². The number of carbonyl (C=O) groups is 1. The lowest BCUT2D eigenvalue weighted by atomic mass is 10.0. The van der Waals surface area contributed by atoms with Crippen molar-refractivity contribution >= 4 is 17.2 Å². The summed E-state index contributed by atoms with van der Waals surface area (Å²) in [5.74, 6) is -0.00736. The first-order chi connectivity index (χ1) is 6.20. The van der Waals surface area contributed by atoms with Crippen molar-refractivity contribution in [1.82, 2.24) is 5.32 Å². The largest absolute Gasteiger partial charge is 0.376 e. The Balaban J connectivity index is 1.99. The molecule has 0 aromatic carbocycles. The fourth-order valence-electron chi connectivity index (χ4n) is 1.22. The van der Waals surface area contributed by atoms with Crippen molar-refractivity contribution in [2.45, 2.75) is 12.5 Å². The molecule has 1 fully saturated rings. The lowest BCUT2D eigenvalue weighted by Gasteiger charge is -2.38. The average molecular weight is 197 g/mol. The first-order valence-corrected chi connectivity index (χ1v) is 5.06. The van der Waals surface area contributed by atoms with Crippen LogP contribution in [-0.4, -0.2) is 24.7 Å². The Morgan fingerprint density at radius 1 is 1.69 bits per heavy atom. The van der Waals surface area contributed by atoms with Crippen LogP contribution in [0.1, 0.15) is 17.3 Å². The second kappa shape index (κ2) is 3.12. The maximum atomic E-state index is 11.6. The molecule has 2 heterocycles. The minimum Gasteiger partial charge on any atom is -0.376 e. The van der Waals surface area contributed by atoms with E-state index in [9.17, 15) is 4.79 Å². The highest BCUT2D eigenvalue weighted by atomic mass is 32.1. The summed E-state index contributed by atoms with van der Waals surface area (Å²) in [5.41, 5.74) is 0.581. The second-order valence-electron chi connectivity index (χ2n) is 3.52. The summed E-state index contributed by atoms with van der Waals surface area (Å²) in [4.78, 5) is 11.6. The van der Waals surface area contributed by atoms with Gasteiger partial charge in [-0.1, -0.05) is 0 Å². The third-order valence-corrected chi connectivity index (χ3v) is 2.72. The molecule has 70 valence electrons. The van der Waals surface area contributed by atoms with E-state index in [1.54, 1.807) is 0 Å². The summed E-state index contributed by atoms with van der Waals surface area (Å²) in [6, 6.07) is 1.82. The summed E-state index contributed by atoms with van der Waals surface area (Å²) in [6.07, 6.45) is 0. The van der Waals surface area contributed by atoms with E-state index in [1.807, 2.05) is 23.8 Å². The molecule has 2 rings (SSSR count). The molecule has 0 spiro atoms. The van der Waals surface area contributed by atoms with Gasteiger partial charge in [0.25, 0.3) is 5.91 Å². The number of amides is 1. The van der Waals surface area contributed by atoms with Gasteiger partial charge in [-0.05, 0) is 18.4 Å². The molecule has 1 aromatic heterocycles. The van der Waals surface area contributed by atoms with Crippen molar-refractivity contribution in [2.24, 2.45) is 0 Å². The number of hydrogen-bond acceptors (Lipinski definition) is 3. The first kappa shape index (κ1) is 8.72. The van der Waals surface area contributed by atoms with E-state index in [0.717, 1.165) is 5.56 Å². The van der Waals surface area contributed by atoms with Crippen LogP contribution < -0.4 is 5.32 Å². The summed E-state index contributed by atoms with van der Waals surface area (Å²) >= 11 is 1.53. The van der Waals surface area contributed by atoms with Crippen LogP contribution in [0.5, 0.6) is 0 Å². The van der Waals surface area contributed by atoms with Crippen molar-refractivity contribution in [1.29, 1.82) is 0 Å². The zero-order valence-electron chi connectivity index (χ0n) is 7.37. The predicted molar refractivity (Wildman–Crippen MR) is 51.0 cm³/mol. The SMILES string of the molecule is CC1(NC(=O)c2ccsc2)COC1. The van der Waals surface area contributed by atoms with Gasteiger partial charge in [-0.3, -0.25) is 4.79 Å². The van der Waals surface area contributed by atoms with Gasteiger partial charge in [-0.15, -0.1) is 0 Å². The Labute approximate surface area is 80.7 Å². The fraction of sp³-hybridized carbons (Fsp3) is 0.444. The normalized spacial score (nSPS) is 19.2. The Morgan fingerprint density at radius 3 is 2.92 bits per heavy atom. The van der Waals surface area contributed by atoms with Crippen molar-refractivity contribution in [3.63, 3.8) is 0 Å². The molecule has 1 amide bonds. The highest BCUT2D eigenvalue weighted by Crippen LogP contribution is 2.16. The molecule has 0 radical (unpaired) electrons. The first-order valence-electron chi connectivity index (χ1n) is 4.12. The van der Waals surface area contributed by atoms with Crippen LogP contribution >= 0.6 is 11.3 Å². The number of ether oxygens (including phenoxy) is 1. The number of nitrogens with one attached hydrogen (secondary N) is 1. The summed E-state index contributed by atoms with van der Waals surface area (Å²) in [5, 5.41) is 6.68. The lowest BCUT2D eigenvalue weighted by Crippen LogP contribution is -2.59. The third-order valence-electron chi connectivity index (χ3n) is 2.04. The minimum atomic E-state index is -0.154. The van der Waals surface area contributed by atoms with Gasteiger partial charge in [-0.25, -0.2) is 0 Å². The van der Waals surface area contributed by atoms with Gasteiger partial charge < -0.3 is 10.1 Å². The number of rotatable bonds is 2. The number of hydrogen-bond donors (Lipinski definition) is 1. The van der Waals surface area contributed by atoms with Gasteiger partial charge in [0, 0.05) is 5.38 Å². The molecule has 0 saturated carbocycles. The van der Waals surface area contributed by atoms with Crippen LogP contribution in [0.15, 0.2) is 16.8 Å². The fourth-order valence-corrected chi connectivity index (χ4v) is 1.86. The van der Waals surface area contributed by atoms with Gasteiger partial charge in [0.2, 0.25) is 0 Å². The van der Waals surface area contributed by atoms with Crippen LogP contribution in [0, 0.1) is 0 Å². The Hall–Kier alpha value is -0.870. The predicted octanol–water partition coefficient (Wildman–Crippen LogP) is 1.27. The summed E-state index contributed by atoms with van der Waals surface area (Å²) < 4.78 is 5.04. The molecule has 1 aromatic rings. The Morgan fingerprint density at radius 2 is 2.46 bits per heavy atom. The van der Waals surface area contributed by atoms with E-state index >= 15 is 0 Å². The smallest absolute Gasteiger partial charge is 0.252 e. The topological polar surface area (TPSA) is 38.3 Å². The van der Waals surface area contributed by atoms with Gasteiger partial charge in [0.1, 0.15) is 0 Å². The van der Waals surface area contributed by atoms with Gasteiger partial charge >= 0.3 is 0 Å². The molecule has 3 nitrogen and oxygen atoms in total. The van der Waals surface area contributed by atoms with E-state index in [1.165, 1.54) is 11.3 Å². The lowest BCUT2D eigenvalue weighted by molar-refractivity contribution is -0.0593. The number of thiophene rings is 1. The van der Waals surface area contributed by atoms with Crippen LogP contribution in [-0.2, 0) is 4.74 Å². The van der Waals surface area contributed by atoms with E-state index < -0.39 is 0 Å². The standard InChI is InChI=1S/C9H11NO2S/c1-9(5-12-6-9)10-8(11)7-2-3-13-4-7/h2-4H,5-6H2,1H3,(H,10,11). The quantitative estimate of drug-likeness (QED) is 0.775. The molecule has 4 heteroatoms. The second-order valence-corrected chi connectivity index (χ2v) is 4.30. The summed E-state index contributed by atoms with van der Waals surface area (Å²) in [6.45, 7) is 3.21. The molecule has 1 aliphatic heterocycles. The molecule has 1 aliphatic rings.